The smallest absolute Gasteiger partial charge is 0.295 e. The molecule has 3 aromatic carbocycles. The van der Waals surface area contributed by atoms with Crippen LogP contribution >= 0.6 is 11.6 Å². The van der Waals surface area contributed by atoms with Gasteiger partial charge in [0.1, 0.15) is 17.3 Å². The summed E-state index contributed by atoms with van der Waals surface area (Å²) in [5.41, 5.74) is 1.04. The number of carbonyl (C=O) groups is 2. The predicted octanol–water partition coefficient (Wildman–Crippen LogP) is 5.20. The average Bonchev–Trinajstić information content (AvgIpc) is 3.08. The normalized spacial score (nSPS) is 17.4. The molecule has 4 rings (SSSR count). The summed E-state index contributed by atoms with van der Waals surface area (Å²) in [5.74, 6) is -0.504. The minimum absolute atomic E-state index is 0.00952. The number of para-hydroxylation sites is 1. The molecule has 168 valence electrons. The lowest BCUT2D eigenvalue weighted by Gasteiger charge is -2.25. The molecule has 0 saturated carbocycles. The van der Waals surface area contributed by atoms with E-state index >= 15 is 0 Å². The fourth-order valence-electron chi connectivity index (χ4n) is 3.78. The largest absolute Gasteiger partial charge is 0.507 e. The lowest BCUT2D eigenvalue weighted by atomic mass is 9.95. The highest BCUT2D eigenvalue weighted by Gasteiger charge is 2.46. The first kappa shape index (κ1) is 22.6. The van der Waals surface area contributed by atoms with Crippen LogP contribution in [0.15, 0.2) is 84.4 Å². The van der Waals surface area contributed by atoms with Crippen molar-refractivity contribution in [3.05, 3.63) is 101 Å². The van der Waals surface area contributed by atoms with Gasteiger partial charge in [0.25, 0.3) is 11.7 Å². The van der Waals surface area contributed by atoms with E-state index < -0.39 is 17.7 Å². The topological polar surface area (TPSA) is 76.1 Å². The van der Waals surface area contributed by atoms with Gasteiger partial charge in [-0.05, 0) is 54.1 Å². The van der Waals surface area contributed by atoms with Crippen LogP contribution in [0.4, 0.5) is 0 Å². The third-order valence-corrected chi connectivity index (χ3v) is 5.60. The molecule has 0 bridgehead atoms. The lowest BCUT2D eigenvalue weighted by Crippen LogP contribution is -2.32. The highest BCUT2D eigenvalue weighted by atomic mass is 35.5. The van der Waals surface area contributed by atoms with E-state index in [2.05, 4.69) is 0 Å². The Labute approximate surface area is 196 Å². The van der Waals surface area contributed by atoms with Gasteiger partial charge in [0.2, 0.25) is 0 Å². The maximum absolute atomic E-state index is 13.0. The zero-order chi connectivity index (χ0) is 23.4. The number of ether oxygens (including phenoxy) is 2. The van der Waals surface area contributed by atoms with Gasteiger partial charge >= 0.3 is 0 Å². The summed E-state index contributed by atoms with van der Waals surface area (Å²) in [7, 11) is 1.52. The standard InChI is InChI=1S/C26H22ClNO5/c1-32-15-14-28-23(18-6-5-9-21(16-18)33-20-7-3-2-4-8-20)22(25(30)26(28)31)24(29)17-10-12-19(27)13-11-17/h2-13,16,23,29H,14-15H2,1H3/b24-22+/t23-/m1/s1. The van der Waals surface area contributed by atoms with Crippen LogP contribution in [0.3, 0.4) is 0 Å². The Morgan fingerprint density at radius 1 is 0.970 bits per heavy atom. The number of benzene rings is 3. The van der Waals surface area contributed by atoms with Crippen molar-refractivity contribution in [1.29, 1.82) is 0 Å². The monoisotopic (exact) mass is 463 g/mol. The molecule has 1 N–H and O–H groups in total. The van der Waals surface area contributed by atoms with Gasteiger partial charge in [-0.2, -0.15) is 0 Å². The Hall–Kier alpha value is -3.61. The Morgan fingerprint density at radius 3 is 2.36 bits per heavy atom. The molecule has 1 fully saturated rings. The fraction of sp³-hybridized carbons (Fsp3) is 0.154. The van der Waals surface area contributed by atoms with Crippen molar-refractivity contribution < 1.29 is 24.2 Å². The van der Waals surface area contributed by atoms with Gasteiger partial charge in [-0.25, -0.2) is 0 Å². The number of hydrogen-bond acceptors (Lipinski definition) is 5. The Balaban J connectivity index is 1.79. The number of likely N-dealkylation sites (tertiary alicyclic amines) is 1. The van der Waals surface area contributed by atoms with Crippen LogP contribution in [-0.2, 0) is 14.3 Å². The van der Waals surface area contributed by atoms with Crippen molar-refractivity contribution in [3.8, 4) is 11.5 Å². The summed E-state index contributed by atoms with van der Waals surface area (Å²) in [6, 6.07) is 22.1. The third-order valence-electron chi connectivity index (χ3n) is 5.35. The molecule has 0 unspecified atom stereocenters. The molecule has 1 saturated heterocycles. The molecule has 6 nitrogen and oxygen atoms in total. The molecule has 1 amide bonds. The number of aliphatic hydroxyl groups is 1. The number of nitrogens with zero attached hydrogens (tertiary/aromatic N) is 1. The number of rotatable bonds is 7. The molecule has 33 heavy (non-hydrogen) atoms. The first-order valence-corrected chi connectivity index (χ1v) is 10.7. The van der Waals surface area contributed by atoms with Gasteiger partial charge < -0.3 is 19.5 Å². The first-order valence-electron chi connectivity index (χ1n) is 10.4. The summed E-state index contributed by atoms with van der Waals surface area (Å²) in [4.78, 5) is 27.3. The van der Waals surface area contributed by atoms with Gasteiger partial charge in [-0.15, -0.1) is 0 Å². The Bertz CT molecular complexity index is 1190. The SMILES string of the molecule is COCCN1C(=O)C(=O)/C(=C(/O)c2ccc(Cl)cc2)[C@H]1c1cccc(Oc2ccccc2)c1. The number of Topliss-reactive ketones (excluding diaryl/α,β-unsaturated/α-hetero) is 1. The number of hydrogen-bond donors (Lipinski definition) is 1. The van der Waals surface area contributed by atoms with E-state index in [1.165, 1.54) is 12.0 Å². The Morgan fingerprint density at radius 2 is 1.67 bits per heavy atom. The van der Waals surface area contributed by atoms with Crippen molar-refractivity contribution in [2.24, 2.45) is 0 Å². The molecule has 1 aliphatic rings. The summed E-state index contributed by atoms with van der Waals surface area (Å²) < 4.78 is 11.1. The molecule has 0 spiro atoms. The zero-order valence-electron chi connectivity index (χ0n) is 17.9. The maximum atomic E-state index is 13.0. The van der Waals surface area contributed by atoms with Gasteiger partial charge in [0, 0.05) is 24.2 Å². The van der Waals surface area contributed by atoms with Crippen molar-refractivity contribution in [3.63, 3.8) is 0 Å². The van der Waals surface area contributed by atoms with E-state index in [-0.39, 0.29) is 24.5 Å². The molecule has 3 aromatic rings. The number of aliphatic hydroxyl groups excluding tert-OH is 1. The van der Waals surface area contributed by atoms with Gasteiger partial charge in [-0.1, -0.05) is 41.9 Å². The van der Waals surface area contributed by atoms with E-state index in [1.54, 1.807) is 48.5 Å². The van der Waals surface area contributed by atoms with Crippen molar-refractivity contribution >= 4 is 29.1 Å². The van der Waals surface area contributed by atoms with Crippen LogP contribution in [0, 0.1) is 0 Å². The molecule has 0 aromatic heterocycles. The second-order valence-corrected chi connectivity index (χ2v) is 7.92. The van der Waals surface area contributed by atoms with E-state index in [9.17, 15) is 14.7 Å². The van der Waals surface area contributed by atoms with Crippen LogP contribution in [0.5, 0.6) is 11.5 Å². The number of methoxy groups -OCH3 is 1. The van der Waals surface area contributed by atoms with Crippen LogP contribution < -0.4 is 4.74 Å². The Kier molecular flexibility index (Phi) is 6.77. The molecule has 1 aliphatic heterocycles. The number of halogens is 1. The predicted molar refractivity (Wildman–Crippen MR) is 125 cm³/mol. The van der Waals surface area contributed by atoms with E-state index in [0.717, 1.165) is 0 Å². The van der Waals surface area contributed by atoms with E-state index in [4.69, 9.17) is 21.1 Å². The number of ketones is 1. The van der Waals surface area contributed by atoms with Crippen molar-refractivity contribution in [2.75, 3.05) is 20.3 Å². The highest BCUT2D eigenvalue weighted by molar-refractivity contribution is 6.46. The van der Waals surface area contributed by atoms with Crippen LogP contribution in [0.25, 0.3) is 5.76 Å². The quantitative estimate of drug-likeness (QED) is 0.296. The molecule has 0 aliphatic carbocycles. The van der Waals surface area contributed by atoms with Gasteiger partial charge in [0.15, 0.2) is 0 Å². The third kappa shape index (κ3) is 4.77. The molecule has 1 heterocycles. The highest BCUT2D eigenvalue weighted by Crippen LogP contribution is 2.40. The lowest BCUT2D eigenvalue weighted by molar-refractivity contribution is -0.140. The number of amides is 1. The van der Waals surface area contributed by atoms with Crippen molar-refractivity contribution in [1.82, 2.24) is 4.90 Å². The summed E-state index contributed by atoms with van der Waals surface area (Å²) in [6.45, 7) is 0.428. The fourth-order valence-corrected chi connectivity index (χ4v) is 3.91. The summed E-state index contributed by atoms with van der Waals surface area (Å²) in [5, 5.41) is 11.5. The maximum Gasteiger partial charge on any atom is 0.295 e. The van der Waals surface area contributed by atoms with Crippen LogP contribution in [0.1, 0.15) is 17.2 Å². The van der Waals surface area contributed by atoms with Crippen LogP contribution in [-0.4, -0.2) is 42.0 Å². The average molecular weight is 464 g/mol. The minimum Gasteiger partial charge on any atom is -0.507 e. The zero-order valence-corrected chi connectivity index (χ0v) is 18.7. The summed E-state index contributed by atoms with van der Waals surface area (Å²) >= 11 is 5.96. The summed E-state index contributed by atoms with van der Waals surface area (Å²) in [6.07, 6.45) is 0. The molecule has 7 heteroatoms. The van der Waals surface area contributed by atoms with Crippen molar-refractivity contribution in [2.45, 2.75) is 6.04 Å². The molecular formula is C26H22ClNO5. The molecule has 0 radical (unpaired) electrons. The molecular weight excluding hydrogens is 442 g/mol. The van der Waals surface area contributed by atoms with Crippen LogP contribution in [0.2, 0.25) is 5.02 Å². The van der Waals surface area contributed by atoms with E-state index in [0.29, 0.717) is 27.6 Å². The molecule has 1 atom stereocenters. The van der Waals surface area contributed by atoms with E-state index in [1.807, 2.05) is 30.3 Å². The van der Waals surface area contributed by atoms with Gasteiger partial charge in [-0.3, -0.25) is 9.59 Å². The second-order valence-electron chi connectivity index (χ2n) is 7.48. The first-order chi connectivity index (χ1) is 16.0. The van der Waals surface area contributed by atoms with Gasteiger partial charge in [0.05, 0.1) is 18.2 Å². The minimum atomic E-state index is -0.796. The number of carbonyl (C=O) groups excluding carboxylic acids is 2. The second kappa shape index (κ2) is 9.90.